The van der Waals surface area contributed by atoms with Gasteiger partial charge in [-0.05, 0) is 11.4 Å². The van der Waals surface area contributed by atoms with Crippen LogP contribution in [0.4, 0.5) is 13.2 Å². The number of carbonyl (C=O) groups excluding carboxylic acids is 1. The Bertz CT molecular complexity index is 731. The van der Waals surface area contributed by atoms with Gasteiger partial charge in [0.15, 0.2) is 11.5 Å². The molecule has 0 aliphatic carbocycles. The molecule has 9 heteroatoms. The minimum atomic E-state index is -4.79. The van der Waals surface area contributed by atoms with E-state index in [-0.39, 0.29) is 16.1 Å². The summed E-state index contributed by atoms with van der Waals surface area (Å²) in [4.78, 5) is 22.6. The summed E-state index contributed by atoms with van der Waals surface area (Å²) in [7, 11) is 1.21. The maximum absolute atomic E-state index is 13.1. The third kappa shape index (κ3) is 2.56. The number of aromatic carboxylic acids is 1. The number of rotatable bonds is 3. The van der Waals surface area contributed by atoms with E-state index in [9.17, 15) is 22.8 Å². The fourth-order valence-corrected chi connectivity index (χ4v) is 2.95. The van der Waals surface area contributed by atoms with Crippen LogP contribution in [0.2, 0.25) is 0 Å². The number of ketones is 1. The molecule has 0 aromatic carbocycles. The minimum Gasteiger partial charge on any atom is -0.478 e. The van der Waals surface area contributed by atoms with E-state index in [0.29, 0.717) is 0 Å². The van der Waals surface area contributed by atoms with Gasteiger partial charge < -0.3 is 5.11 Å². The summed E-state index contributed by atoms with van der Waals surface area (Å²) < 4.78 is 40.1. The number of nitrogens with zero attached hydrogens (tertiary/aromatic N) is 2. The summed E-state index contributed by atoms with van der Waals surface area (Å²) in [6.45, 7) is 1.11. The SMILES string of the molecule is CC(=O)c1c(-c2sccc2C(=O)O)c(C(F)(F)F)nn1C. The van der Waals surface area contributed by atoms with E-state index in [1.807, 2.05) is 0 Å². The molecular weight excluding hydrogens is 309 g/mol. The van der Waals surface area contributed by atoms with E-state index >= 15 is 0 Å². The third-order valence-electron chi connectivity index (χ3n) is 2.77. The molecule has 0 bridgehead atoms. The molecule has 2 heterocycles. The molecule has 0 aliphatic heterocycles. The maximum Gasteiger partial charge on any atom is 0.435 e. The van der Waals surface area contributed by atoms with Crippen LogP contribution in [0.5, 0.6) is 0 Å². The highest BCUT2D eigenvalue weighted by Crippen LogP contribution is 2.41. The molecule has 5 nitrogen and oxygen atoms in total. The number of aromatic nitrogens is 2. The van der Waals surface area contributed by atoms with Gasteiger partial charge in [-0.15, -0.1) is 11.3 Å². The highest BCUT2D eigenvalue weighted by molar-refractivity contribution is 7.14. The molecule has 2 rings (SSSR count). The molecule has 112 valence electrons. The molecule has 0 saturated heterocycles. The van der Waals surface area contributed by atoms with Crippen molar-refractivity contribution < 1.29 is 27.9 Å². The number of alkyl halides is 3. The molecular formula is C12H9F3N2O3S. The van der Waals surface area contributed by atoms with E-state index in [2.05, 4.69) is 5.10 Å². The summed E-state index contributed by atoms with van der Waals surface area (Å²) in [6, 6.07) is 1.19. The summed E-state index contributed by atoms with van der Waals surface area (Å²) >= 11 is 0.820. The standard InChI is InChI=1S/C12H9F3N2O3S/c1-5(18)8-7(9-6(11(19)20)3-4-21-9)10(12(13,14)15)16-17(8)2/h3-4H,1-2H3,(H,19,20). The number of aryl methyl sites for hydroxylation is 1. The van der Waals surface area contributed by atoms with Crippen LogP contribution in [0.3, 0.4) is 0 Å². The van der Waals surface area contributed by atoms with Crippen molar-refractivity contribution in [2.75, 3.05) is 0 Å². The summed E-state index contributed by atoms with van der Waals surface area (Å²) in [5.74, 6) is -1.99. The molecule has 1 N–H and O–H groups in total. The van der Waals surface area contributed by atoms with Gasteiger partial charge in [-0.2, -0.15) is 18.3 Å². The lowest BCUT2D eigenvalue weighted by Crippen LogP contribution is -2.09. The topological polar surface area (TPSA) is 72.2 Å². The fraction of sp³-hybridized carbons (Fsp3) is 0.250. The van der Waals surface area contributed by atoms with Crippen molar-refractivity contribution >= 4 is 23.1 Å². The first-order chi connectivity index (χ1) is 9.64. The monoisotopic (exact) mass is 318 g/mol. The smallest absolute Gasteiger partial charge is 0.435 e. The number of hydrogen-bond acceptors (Lipinski definition) is 4. The molecule has 21 heavy (non-hydrogen) atoms. The van der Waals surface area contributed by atoms with E-state index in [4.69, 9.17) is 5.11 Å². The van der Waals surface area contributed by atoms with Crippen molar-refractivity contribution in [2.24, 2.45) is 7.05 Å². The summed E-state index contributed by atoms with van der Waals surface area (Å²) in [5.41, 5.74) is -2.31. The van der Waals surface area contributed by atoms with Gasteiger partial charge in [-0.25, -0.2) is 4.79 Å². The maximum atomic E-state index is 13.1. The molecule has 0 unspecified atom stereocenters. The van der Waals surface area contributed by atoms with Gasteiger partial charge in [0, 0.05) is 14.0 Å². The van der Waals surface area contributed by atoms with Crippen LogP contribution in [-0.2, 0) is 13.2 Å². The Hall–Kier alpha value is -2.16. The van der Waals surface area contributed by atoms with Crippen LogP contribution in [0.25, 0.3) is 10.4 Å². The lowest BCUT2D eigenvalue weighted by atomic mass is 10.0. The Morgan fingerprint density at radius 3 is 2.48 bits per heavy atom. The fourth-order valence-electron chi connectivity index (χ4n) is 2.01. The summed E-state index contributed by atoms with van der Waals surface area (Å²) in [5, 5.41) is 13.8. The zero-order chi connectivity index (χ0) is 15.9. The molecule has 0 radical (unpaired) electrons. The van der Waals surface area contributed by atoms with Crippen molar-refractivity contribution in [3.05, 3.63) is 28.4 Å². The number of carboxylic acids is 1. The second-order valence-electron chi connectivity index (χ2n) is 4.22. The van der Waals surface area contributed by atoms with Crippen molar-refractivity contribution in [1.29, 1.82) is 0 Å². The normalized spacial score (nSPS) is 11.7. The first-order valence-electron chi connectivity index (χ1n) is 5.61. The second-order valence-corrected chi connectivity index (χ2v) is 5.13. The van der Waals surface area contributed by atoms with Gasteiger partial charge in [0.1, 0.15) is 5.69 Å². The Morgan fingerprint density at radius 1 is 1.38 bits per heavy atom. The Balaban J connectivity index is 2.86. The third-order valence-corrected chi connectivity index (χ3v) is 3.70. The van der Waals surface area contributed by atoms with Crippen LogP contribution in [0, 0.1) is 0 Å². The second kappa shape index (κ2) is 4.99. The van der Waals surface area contributed by atoms with Gasteiger partial charge in [0.05, 0.1) is 16.0 Å². The lowest BCUT2D eigenvalue weighted by Gasteiger charge is -2.07. The molecule has 0 aliphatic rings. The highest BCUT2D eigenvalue weighted by atomic mass is 32.1. The molecule has 0 fully saturated rings. The number of thiophene rings is 1. The Labute approximate surface area is 120 Å². The molecule has 2 aromatic heterocycles. The lowest BCUT2D eigenvalue weighted by molar-refractivity contribution is -0.140. The quantitative estimate of drug-likeness (QED) is 0.883. The zero-order valence-electron chi connectivity index (χ0n) is 10.9. The van der Waals surface area contributed by atoms with Crippen LogP contribution in [-0.4, -0.2) is 26.6 Å². The van der Waals surface area contributed by atoms with Crippen LogP contribution in [0.1, 0.15) is 33.5 Å². The first kappa shape index (κ1) is 15.2. The number of halogens is 3. The van der Waals surface area contributed by atoms with Gasteiger partial charge >= 0.3 is 12.1 Å². The number of carboxylic acid groups (broad SMARTS) is 1. The van der Waals surface area contributed by atoms with Crippen molar-refractivity contribution in [3.63, 3.8) is 0 Å². The first-order valence-corrected chi connectivity index (χ1v) is 6.48. The minimum absolute atomic E-state index is 0.131. The summed E-state index contributed by atoms with van der Waals surface area (Å²) in [6.07, 6.45) is -4.79. The van der Waals surface area contributed by atoms with Crippen LogP contribution < -0.4 is 0 Å². The van der Waals surface area contributed by atoms with Crippen LogP contribution in [0.15, 0.2) is 11.4 Å². The van der Waals surface area contributed by atoms with Gasteiger partial charge in [-0.1, -0.05) is 0 Å². The van der Waals surface area contributed by atoms with Crippen LogP contribution >= 0.6 is 11.3 Å². The van der Waals surface area contributed by atoms with E-state index in [1.54, 1.807) is 0 Å². The van der Waals surface area contributed by atoms with Crippen molar-refractivity contribution in [1.82, 2.24) is 9.78 Å². The number of Topliss-reactive ketones (excluding diaryl/α,β-unsaturated/α-hetero) is 1. The number of carbonyl (C=O) groups is 2. The molecule has 0 spiro atoms. The van der Waals surface area contributed by atoms with Gasteiger partial charge in [0.2, 0.25) is 0 Å². The Kier molecular flexibility index (Phi) is 3.62. The molecule has 0 amide bonds. The number of hydrogen-bond donors (Lipinski definition) is 1. The highest BCUT2D eigenvalue weighted by Gasteiger charge is 2.41. The molecule has 2 aromatic rings. The largest absolute Gasteiger partial charge is 0.478 e. The average molecular weight is 318 g/mol. The predicted octanol–water partition coefficient (Wildman–Crippen LogP) is 3.07. The zero-order valence-corrected chi connectivity index (χ0v) is 11.7. The van der Waals surface area contributed by atoms with Gasteiger partial charge in [0.25, 0.3) is 0 Å². The van der Waals surface area contributed by atoms with Crippen molar-refractivity contribution in [3.8, 4) is 10.4 Å². The van der Waals surface area contributed by atoms with Gasteiger partial charge in [-0.3, -0.25) is 9.48 Å². The molecule has 0 atom stereocenters. The Morgan fingerprint density at radius 2 is 2.00 bits per heavy atom. The van der Waals surface area contributed by atoms with Crippen molar-refractivity contribution in [2.45, 2.75) is 13.1 Å². The molecule has 0 saturated carbocycles. The predicted molar refractivity (Wildman–Crippen MR) is 68.5 cm³/mol. The average Bonchev–Trinajstić information content (AvgIpc) is 2.90. The van der Waals surface area contributed by atoms with E-state index in [0.717, 1.165) is 22.9 Å². The van der Waals surface area contributed by atoms with E-state index < -0.39 is 29.2 Å². The van der Waals surface area contributed by atoms with E-state index in [1.165, 1.54) is 18.5 Å².